The topological polar surface area (TPSA) is 74.8 Å². The van der Waals surface area contributed by atoms with Crippen LogP contribution in [0.25, 0.3) is 0 Å². The Bertz CT molecular complexity index is 1050. The maximum absolute atomic E-state index is 12.9. The highest BCUT2D eigenvalue weighted by atomic mass is 32.2. The lowest BCUT2D eigenvalue weighted by molar-refractivity contribution is -0.137. The van der Waals surface area contributed by atoms with E-state index in [1.807, 2.05) is 0 Å². The van der Waals surface area contributed by atoms with Gasteiger partial charge in [-0.2, -0.15) is 21.8 Å². The first-order valence-corrected chi connectivity index (χ1v) is 11.1. The van der Waals surface area contributed by atoms with Crippen LogP contribution in [0.3, 0.4) is 0 Å². The summed E-state index contributed by atoms with van der Waals surface area (Å²) in [6, 6.07) is 11.2. The number of benzene rings is 2. The predicted molar refractivity (Wildman–Crippen MR) is 95.4 cm³/mol. The first-order chi connectivity index (χ1) is 13.0. The molecule has 1 heterocycles. The highest BCUT2D eigenvalue weighted by Crippen LogP contribution is 2.31. The summed E-state index contributed by atoms with van der Waals surface area (Å²) in [7, 11) is -7.93. The van der Waals surface area contributed by atoms with E-state index in [0.717, 1.165) is 22.5 Å². The molecule has 0 saturated carbocycles. The number of hydrogen-bond acceptors (Lipinski definition) is 4. The van der Waals surface area contributed by atoms with Crippen molar-refractivity contribution in [2.75, 3.05) is 26.2 Å². The zero-order valence-corrected chi connectivity index (χ0v) is 16.1. The molecule has 0 N–H and O–H groups in total. The number of sulfonamides is 2. The summed E-state index contributed by atoms with van der Waals surface area (Å²) < 4.78 is 91.3. The van der Waals surface area contributed by atoms with E-state index in [4.69, 9.17) is 0 Å². The molecule has 0 atom stereocenters. The second-order valence-electron chi connectivity index (χ2n) is 6.15. The molecule has 1 aliphatic heterocycles. The van der Waals surface area contributed by atoms with Crippen LogP contribution in [0.5, 0.6) is 0 Å². The van der Waals surface area contributed by atoms with Gasteiger partial charge < -0.3 is 0 Å². The van der Waals surface area contributed by atoms with Gasteiger partial charge in [-0.15, -0.1) is 0 Å². The molecule has 28 heavy (non-hydrogen) atoms. The third kappa shape index (κ3) is 4.07. The fourth-order valence-electron chi connectivity index (χ4n) is 2.87. The number of hydrogen-bond donors (Lipinski definition) is 0. The van der Waals surface area contributed by atoms with Gasteiger partial charge in [0.05, 0.1) is 15.4 Å². The van der Waals surface area contributed by atoms with Crippen molar-refractivity contribution < 1.29 is 30.0 Å². The van der Waals surface area contributed by atoms with Crippen LogP contribution in [-0.4, -0.2) is 51.6 Å². The molecule has 2 aromatic carbocycles. The largest absolute Gasteiger partial charge is 0.416 e. The van der Waals surface area contributed by atoms with Crippen molar-refractivity contribution in [3.8, 4) is 0 Å². The summed E-state index contributed by atoms with van der Waals surface area (Å²) in [4.78, 5) is -0.370. The van der Waals surface area contributed by atoms with Crippen LogP contribution in [0.4, 0.5) is 13.2 Å². The van der Waals surface area contributed by atoms with Crippen molar-refractivity contribution in [2.24, 2.45) is 0 Å². The van der Waals surface area contributed by atoms with Gasteiger partial charge in [-0.25, -0.2) is 16.8 Å². The van der Waals surface area contributed by atoms with Crippen molar-refractivity contribution in [3.63, 3.8) is 0 Å². The molecule has 0 spiro atoms. The average Bonchev–Trinajstić information content (AvgIpc) is 2.68. The molecule has 3 rings (SSSR count). The maximum Gasteiger partial charge on any atom is 0.416 e. The molecule has 6 nitrogen and oxygen atoms in total. The molecule has 1 fully saturated rings. The minimum Gasteiger partial charge on any atom is -0.207 e. The minimum atomic E-state index is -4.66. The third-order valence-corrected chi connectivity index (χ3v) is 8.19. The smallest absolute Gasteiger partial charge is 0.207 e. The Labute approximate surface area is 161 Å². The van der Waals surface area contributed by atoms with E-state index in [1.165, 1.54) is 16.4 Å². The lowest BCUT2D eigenvalue weighted by Gasteiger charge is -2.33. The van der Waals surface area contributed by atoms with Crippen LogP contribution in [0.1, 0.15) is 5.56 Å². The lowest BCUT2D eigenvalue weighted by atomic mass is 10.2. The van der Waals surface area contributed by atoms with Crippen LogP contribution in [-0.2, 0) is 26.2 Å². The van der Waals surface area contributed by atoms with Gasteiger partial charge in [0.1, 0.15) is 0 Å². The fraction of sp³-hybridized carbons (Fsp3) is 0.294. The monoisotopic (exact) mass is 434 g/mol. The molecular formula is C17H17F3N2O4S2. The Kier molecular flexibility index (Phi) is 5.54. The van der Waals surface area contributed by atoms with Crippen molar-refractivity contribution in [1.82, 2.24) is 8.61 Å². The summed E-state index contributed by atoms with van der Waals surface area (Å²) in [5.74, 6) is 0. The fourth-order valence-corrected chi connectivity index (χ4v) is 5.79. The molecule has 0 amide bonds. The van der Waals surface area contributed by atoms with Gasteiger partial charge in [-0.3, -0.25) is 0 Å². The Morgan fingerprint density at radius 1 is 0.679 bits per heavy atom. The summed E-state index contributed by atoms with van der Waals surface area (Å²) in [5.41, 5.74) is -1.06. The number of piperazine rings is 1. The molecule has 0 aromatic heterocycles. The van der Waals surface area contributed by atoms with Crippen LogP contribution in [0, 0.1) is 0 Å². The SMILES string of the molecule is O=S(=O)(c1ccccc1)N1CCN(S(=O)(=O)c2cccc(C(F)(F)F)c2)CC1. The Balaban J connectivity index is 1.78. The first kappa shape index (κ1) is 20.8. The van der Waals surface area contributed by atoms with E-state index >= 15 is 0 Å². The summed E-state index contributed by atoms with van der Waals surface area (Å²) in [5, 5.41) is 0. The van der Waals surface area contributed by atoms with Gasteiger partial charge in [-0.05, 0) is 30.3 Å². The standard InChI is InChI=1S/C17H17F3N2O4S2/c18-17(19,20)14-5-4-8-16(13-14)28(25,26)22-11-9-21(10-12-22)27(23,24)15-6-2-1-3-7-15/h1-8,13H,9-12H2. The van der Waals surface area contributed by atoms with Crippen molar-refractivity contribution >= 4 is 20.0 Å². The maximum atomic E-state index is 12.9. The Hall–Kier alpha value is -1.95. The van der Waals surface area contributed by atoms with E-state index in [-0.39, 0.29) is 31.1 Å². The van der Waals surface area contributed by atoms with E-state index in [0.29, 0.717) is 6.07 Å². The van der Waals surface area contributed by atoms with Gasteiger partial charge in [0.15, 0.2) is 0 Å². The molecule has 0 aliphatic carbocycles. The zero-order chi connectivity index (χ0) is 20.6. The summed E-state index contributed by atoms with van der Waals surface area (Å²) >= 11 is 0. The minimum absolute atomic E-state index is 0.0879. The second kappa shape index (κ2) is 7.47. The van der Waals surface area contributed by atoms with E-state index in [9.17, 15) is 30.0 Å². The molecule has 1 saturated heterocycles. The summed E-state index contributed by atoms with van der Waals surface area (Å²) in [6.07, 6.45) is -4.66. The first-order valence-electron chi connectivity index (χ1n) is 8.25. The number of rotatable bonds is 4. The molecule has 11 heteroatoms. The van der Waals surface area contributed by atoms with Crippen molar-refractivity contribution in [2.45, 2.75) is 16.0 Å². The number of alkyl halides is 3. The average molecular weight is 434 g/mol. The van der Waals surface area contributed by atoms with Gasteiger partial charge in [0.2, 0.25) is 20.0 Å². The van der Waals surface area contributed by atoms with E-state index in [2.05, 4.69) is 0 Å². The van der Waals surface area contributed by atoms with Gasteiger partial charge in [0, 0.05) is 26.2 Å². The highest BCUT2D eigenvalue weighted by Gasteiger charge is 2.36. The molecule has 0 unspecified atom stereocenters. The lowest BCUT2D eigenvalue weighted by Crippen LogP contribution is -2.50. The van der Waals surface area contributed by atoms with Crippen molar-refractivity contribution in [3.05, 3.63) is 60.2 Å². The molecule has 152 valence electrons. The van der Waals surface area contributed by atoms with E-state index < -0.39 is 36.7 Å². The summed E-state index contributed by atoms with van der Waals surface area (Å²) in [6.45, 7) is -0.472. The van der Waals surface area contributed by atoms with Gasteiger partial charge in [-0.1, -0.05) is 24.3 Å². The normalized spacial score (nSPS) is 17.5. The third-order valence-electron chi connectivity index (χ3n) is 4.38. The predicted octanol–water partition coefficient (Wildman–Crippen LogP) is 2.40. The highest BCUT2D eigenvalue weighted by molar-refractivity contribution is 7.89. The molecular weight excluding hydrogens is 417 g/mol. The Morgan fingerprint density at radius 2 is 1.14 bits per heavy atom. The van der Waals surface area contributed by atoms with Gasteiger partial charge >= 0.3 is 6.18 Å². The quantitative estimate of drug-likeness (QED) is 0.741. The van der Waals surface area contributed by atoms with Crippen LogP contribution in [0.2, 0.25) is 0 Å². The number of halogens is 3. The number of nitrogens with zero attached hydrogens (tertiary/aromatic N) is 2. The Morgan fingerprint density at radius 3 is 1.64 bits per heavy atom. The van der Waals surface area contributed by atoms with Crippen LogP contribution < -0.4 is 0 Å². The molecule has 0 bridgehead atoms. The van der Waals surface area contributed by atoms with Gasteiger partial charge in [0.25, 0.3) is 0 Å². The van der Waals surface area contributed by atoms with E-state index in [1.54, 1.807) is 18.2 Å². The molecule has 0 radical (unpaired) electrons. The van der Waals surface area contributed by atoms with Crippen LogP contribution in [0.15, 0.2) is 64.4 Å². The second-order valence-corrected chi connectivity index (χ2v) is 10.0. The van der Waals surface area contributed by atoms with Crippen LogP contribution >= 0.6 is 0 Å². The zero-order valence-electron chi connectivity index (χ0n) is 14.5. The molecule has 2 aromatic rings. The molecule has 1 aliphatic rings. The van der Waals surface area contributed by atoms with Crippen molar-refractivity contribution in [1.29, 1.82) is 0 Å².